The van der Waals surface area contributed by atoms with Crippen molar-refractivity contribution in [2.75, 3.05) is 26.3 Å². The third-order valence-corrected chi connectivity index (χ3v) is 17.1. The Hall–Kier alpha value is -2.82. The number of nitrogens with one attached hydrogen (secondary N) is 2. The van der Waals surface area contributed by atoms with E-state index in [1.807, 2.05) is 13.8 Å². The molecule has 2 aliphatic rings. The lowest BCUT2D eigenvalue weighted by Crippen LogP contribution is -2.56. The van der Waals surface area contributed by atoms with E-state index in [1.165, 1.54) is 134 Å². The first kappa shape index (κ1) is 59.7. The molecule has 0 radical (unpaired) electrons. The number of carbonyl (C=O) groups is 3. The summed E-state index contributed by atoms with van der Waals surface area (Å²) < 4.78 is 59.1. The number of unbranched alkanes of at least 4 members (excludes halogenated alkanes) is 26. The van der Waals surface area contributed by atoms with Gasteiger partial charge in [0.1, 0.15) is 17.8 Å². The second-order valence-corrected chi connectivity index (χ2v) is 22.8. The number of hydrogen-bond acceptors (Lipinski definition) is 6. The van der Waals surface area contributed by atoms with Gasteiger partial charge in [-0.2, -0.15) is 8.78 Å². The fourth-order valence-corrected chi connectivity index (χ4v) is 12.2. The predicted molar refractivity (Wildman–Crippen MR) is 284 cm³/mol. The van der Waals surface area contributed by atoms with E-state index in [-0.39, 0.29) is 42.3 Å². The number of carbonyl (C=O) groups excluding carboxylic acids is 3. The predicted octanol–water partition coefficient (Wildman–Crippen LogP) is 16.3. The van der Waals surface area contributed by atoms with Gasteiger partial charge in [-0.15, -0.1) is 0 Å². The Balaban J connectivity index is 1.33. The van der Waals surface area contributed by atoms with Crippen LogP contribution in [0.3, 0.4) is 0 Å². The average molecular weight is 1000 g/mol. The van der Waals surface area contributed by atoms with Gasteiger partial charge in [0.25, 0.3) is 5.91 Å². The molecule has 2 aliphatic heterocycles. The van der Waals surface area contributed by atoms with Gasteiger partial charge in [-0.05, 0) is 64.5 Å². The third kappa shape index (κ3) is 19.6. The van der Waals surface area contributed by atoms with Crippen LogP contribution in [-0.4, -0.2) is 76.9 Å². The van der Waals surface area contributed by atoms with E-state index in [4.69, 9.17) is 9.05 Å². The second-order valence-electron chi connectivity index (χ2n) is 20.7. The number of benzene rings is 1. The Morgan fingerprint density at radius 2 is 1.11 bits per heavy atom. The van der Waals surface area contributed by atoms with Crippen LogP contribution in [0.2, 0.25) is 0 Å². The molecule has 1 aromatic carbocycles. The molecule has 10 nitrogen and oxygen atoms in total. The SMILES string of the molecule is CCCCCCCCCCCCCCCCOP(=O)(OCCCCCCCCCCCCCCCC)C(F)(F)c1ccc2cc(C(=O)N[C@H]3CCCC[C@H]4CC[C@@H](C(=O)N(CC)CC)N4C3=O)[nH]c2c1. The molecule has 3 amide bonds. The Bertz CT molecular complexity index is 1780. The fraction of sp³-hybridized carbons (Fsp3) is 0.807. The van der Waals surface area contributed by atoms with E-state index in [1.54, 1.807) is 15.9 Å². The molecule has 4 rings (SSSR count). The standard InChI is InChI=1S/C57H97F2N4O6P/c1-5-9-11-13-15-17-19-21-23-25-27-29-31-35-43-68-70(67,69-44-36-32-30-28-26-24-22-20-18-16-14-12-10-6-2)57(58,59)48-40-39-47-45-52(60-51(47)46-48)54(64)61-50-38-34-33-37-49-41-42-53(63(49)55(50)65)56(66)62(7-3)8-4/h39-40,45-46,49-50,53,60H,5-38,41-44H2,1-4H3,(H,61,64)/t49-,50-,53-/m0/s1. The normalized spacial score (nSPS) is 17.8. The van der Waals surface area contributed by atoms with E-state index in [0.29, 0.717) is 44.2 Å². The molecule has 2 aromatic rings. The maximum Gasteiger partial charge on any atom is 0.404 e. The highest BCUT2D eigenvalue weighted by molar-refractivity contribution is 7.54. The summed E-state index contributed by atoms with van der Waals surface area (Å²) in [4.78, 5) is 47.9. The molecule has 1 aromatic heterocycles. The van der Waals surface area contributed by atoms with Gasteiger partial charge in [-0.1, -0.05) is 206 Å². The number of aromatic amines is 1. The number of alkyl halides is 2. The highest BCUT2D eigenvalue weighted by atomic mass is 31.2. The van der Waals surface area contributed by atoms with Crippen LogP contribution in [0.1, 0.15) is 262 Å². The largest absolute Gasteiger partial charge is 0.404 e. The molecule has 0 bridgehead atoms. The number of halogens is 2. The number of rotatable bonds is 39. The summed E-state index contributed by atoms with van der Waals surface area (Å²) in [5.41, 5.74) is -4.08. The zero-order valence-electron chi connectivity index (χ0n) is 44.5. The summed E-state index contributed by atoms with van der Waals surface area (Å²) in [5.74, 6) is -0.845. The minimum Gasteiger partial charge on any atom is -0.351 e. The van der Waals surface area contributed by atoms with E-state index in [2.05, 4.69) is 24.1 Å². The van der Waals surface area contributed by atoms with Gasteiger partial charge >= 0.3 is 13.3 Å². The number of H-pyrrole nitrogens is 1. The molecule has 2 N–H and O–H groups in total. The molecule has 70 heavy (non-hydrogen) atoms. The Morgan fingerprint density at radius 1 is 0.657 bits per heavy atom. The molecular weight excluding hydrogens is 906 g/mol. The first-order chi connectivity index (χ1) is 34.0. The van der Waals surface area contributed by atoms with Crippen molar-refractivity contribution in [3.05, 3.63) is 35.5 Å². The van der Waals surface area contributed by atoms with Crippen molar-refractivity contribution in [3.63, 3.8) is 0 Å². The highest BCUT2D eigenvalue weighted by Gasteiger charge is 2.55. The van der Waals surface area contributed by atoms with E-state index >= 15 is 8.78 Å². The van der Waals surface area contributed by atoms with Gasteiger partial charge in [0.15, 0.2) is 0 Å². The third-order valence-electron chi connectivity index (χ3n) is 15.1. The van der Waals surface area contributed by atoms with Crippen molar-refractivity contribution in [1.29, 1.82) is 0 Å². The van der Waals surface area contributed by atoms with Crippen LogP contribution in [0.15, 0.2) is 24.3 Å². The summed E-state index contributed by atoms with van der Waals surface area (Å²) in [6.07, 6.45) is 36.8. The molecule has 0 spiro atoms. The van der Waals surface area contributed by atoms with Crippen LogP contribution in [0.25, 0.3) is 10.9 Å². The van der Waals surface area contributed by atoms with Crippen molar-refractivity contribution in [2.45, 2.75) is 270 Å². The molecule has 13 heteroatoms. The number of likely N-dealkylation sites (N-methyl/N-ethyl adjacent to an activating group) is 1. The quantitative estimate of drug-likeness (QED) is 0.0508. The van der Waals surface area contributed by atoms with Gasteiger partial charge in [0.05, 0.1) is 13.2 Å². The molecule has 2 saturated heterocycles. The number of amides is 3. The summed E-state index contributed by atoms with van der Waals surface area (Å²) >= 11 is 0. The maximum atomic E-state index is 16.7. The van der Waals surface area contributed by atoms with Crippen LogP contribution in [0.4, 0.5) is 8.78 Å². The van der Waals surface area contributed by atoms with Gasteiger partial charge in [0, 0.05) is 35.6 Å². The lowest BCUT2D eigenvalue weighted by atomic mass is 9.98. The zero-order valence-corrected chi connectivity index (χ0v) is 45.4. The molecule has 400 valence electrons. The Morgan fingerprint density at radius 3 is 1.59 bits per heavy atom. The van der Waals surface area contributed by atoms with Crippen molar-refractivity contribution in [2.24, 2.45) is 0 Å². The molecule has 0 unspecified atom stereocenters. The van der Waals surface area contributed by atoms with Crippen LogP contribution in [0.5, 0.6) is 0 Å². The summed E-state index contributed by atoms with van der Waals surface area (Å²) in [6.45, 7) is 9.31. The summed E-state index contributed by atoms with van der Waals surface area (Å²) in [5, 5.41) is 3.43. The topological polar surface area (TPSA) is 121 Å². The smallest absolute Gasteiger partial charge is 0.351 e. The number of fused-ring (bicyclic) bond motifs is 2. The monoisotopic (exact) mass is 1000 g/mol. The lowest BCUT2D eigenvalue weighted by molar-refractivity contribution is -0.147. The minimum atomic E-state index is -4.97. The van der Waals surface area contributed by atoms with Crippen LogP contribution >= 0.6 is 7.60 Å². The first-order valence-electron chi connectivity index (χ1n) is 28.8. The van der Waals surface area contributed by atoms with E-state index in [0.717, 1.165) is 77.0 Å². The van der Waals surface area contributed by atoms with Gasteiger partial charge in [0.2, 0.25) is 11.8 Å². The van der Waals surface area contributed by atoms with Crippen molar-refractivity contribution in [3.8, 4) is 0 Å². The minimum absolute atomic E-state index is 0.0489. The van der Waals surface area contributed by atoms with Crippen LogP contribution in [0, 0.1) is 0 Å². The van der Waals surface area contributed by atoms with Crippen molar-refractivity contribution in [1.82, 2.24) is 20.1 Å². The van der Waals surface area contributed by atoms with Crippen molar-refractivity contribution < 1.29 is 36.8 Å². The van der Waals surface area contributed by atoms with Gasteiger partial charge in [-0.3, -0.25) is 18.9 Å². The summed E-state index contributed by atoms with van der Waals surface area (Å²) in [7, 11) is -4.97. The number of nitrogens with zero attached hydrogens (tertiary/aromatic N) is 2. The summed E-state index contributed by atoms with van der Waals surface area (Å²) in [6, 6.07) is 4.09. The molecule has 3 atom stereocenters. The van der Waals surface area contributed by atoms with Gasteiger partial charge < -0.3 is 29.1 Å². The van der Waals surface area contributed by atoms with Crippen LogP contribution in [-0.2, 0) is 28.9 Å². The molecule has 3 heterocycles. The fourth-order valence-electron chi connectivity index (χ4n) is 10.6. The van der Waals surface area contributed by atoms with Crippen LogP contribution < -0.4 is 5.32 Å². The van der Waals surface area contributed by atoms with E-state index in [9.17, 15) is 18.9 Å². The zero-order chi connectivity index (χ0) is 50.5. The number of aromatic nitrogens is 1. The molecule has 0 saturated carbocycles. The molecule has 0 aliphatic carbocycles. The Kier molecular flexibility index (Phi) is 28.9. The van der Waals surface area contributed by atoms with E-state index < -0.39 is 36.8 Å². The number of hydrogen-bond donors (Lipinski definition) is 2. The second kappa shape index (κ2) is 33.8. The highest BCUT2D eigenvalue weighted by Crippen LogP contribution is 2.67. The van der Waals surface area contributed by atoms with Gasteiger partial charge in [-0.25, -0.2) is 0 Å². The van der Waals surface area contributed by atoms with Crippen molar-refractivity contribution >= 4 is 36.2 Å². The molecular formula is C57H97F2N4O6P. The maximum absolute atomic E-state index is 16.7. The molecule has 2 fully saturated rings. The first-order valence-corrected chi connectivity index (χ1v) is 30.4. The average Bonchev–Trinajstić information content (AvgIpc) is 3.99. The lowest BCUT2D eigenvalue weighted by Gasteiger charge is -2.36. The Labute approximate surface area is 423 Å².